The summed E-state index contributed by atoms with van der Waals surface area (Å²) in [7, 11) is 1.79. The molecule has 0 bridgehead atoms. The highest BCUT2D eigenvalue weighted by molar-refractivity contribution is 6.30. The van der Waals surface area contributed by atoms with E-state index in [1.165, 1.54) is 11.1 Å². The van der Waals surface area contributed by atoms with Crippen LogP contribution in [0.25, 0.3) is 0 Å². The van der Waals surface area contributed by atoms with Gasteiger partial charge in [-0.15, -0.1) is 12.4 Å². The van der Waals surface area contributed by atoms with Crippen LogP contribution in [0.5, 0.6) is 0 Å². The average Bonchev–Trinajstić information content (AvgIpc) is 2.83. The van der Waals surface area contributed by atoms with E-state index in [0.29, 0.717) is 24.4 Å². The fourth-order valence-electron chi connectivity index (χ4n) is 3.16. The van der Waals surface area contributed by atoms with Gasteiger partial charge in [-0.05, 0) is 41.7 Å². The molecule has 0 radical (unpaired) electrons. The van der Waals surface area contributed by atoms with Crippen LogP contribution in [0.3, 0.4) is 0 Å². The summed E-state index contributed by atoms with van der Waals surface area (Å²) in [5.41, 5.74) is 8.94. The molecule has 0 unspecified atom stereocenters. The molecule has 1 aliphatic carbocycles. The zero-order valence-corrected chi connectivity index (χ0v) is 14.5. The zero-order chi connectivity index (χ0) is 15.7. The van der Waals surface area contributed by atoms with Crippen LogP contribution in [0.4, 0.5) is 0 Å². The summed E-state index contributed by atoms with van der Waals surface area (Å²) in [5, 5.41) is 0.675. The van der Waals surface area contributed by atoms with Crippen molar-refractivity contribution in [3.8, 4) is 0 Å². The van der Waals surface area contributed by atoms with Crippen LogP contribution in [0.1, 0.15) is 16.7 Å². The third-order valence-electron chi connectivity index (χ3n) is 4.21. The van der Waals surface area contributed by atoms with Crippen molar-refractivity contribution >= 4 is 29.9 Å². The van der Waals surface area contributed by atoms with E-state index in [1.54, 1.807) is 11.9 Å². The van der Waals surface area contributed by atoms with Crippen molar-refractivity contribution in [3.05, 3.63) is 70.2 Å². The largest absolute Gasteiger partial charge is 0.340 e. The Morgan fingerprint density at radius 1 is 1.17 bits per heavy atom. The molecular formula is C18H20Cl2N2O. The van der Waals surface area contributed by atoms with Gasteiger partial charge in [0, 0.05) is 18.6 Å². The van der Waals surface area contributed by atoms with Crippen LogP contribution in [0.15, 0.2) is 48.5 Å². The van der Waals surface area contributed by atoms with Crippen molar-refractivity contribution in [1.29, 1.82) is 0 Å². The molecule has 0 atom stereocenters. The first-order valence-corrected chi connectivity index (χ1v) is 7.71. The smallest absolute Gasteiger partial charge is 0.243 e. The molecule has 1 aliphatic rings. The maximum atomic E-state index is 12.8. The van der Waals surface area contributed by atoms with Gasteiger partial charge in [0.05, 0.1) is 0 Å². The molecule has 5 heteroatoms. The Bertz CT molecular complexity index is 693. The summed E-state index contributed by atoms with van der Waals surface area (Å²) < 4.78 is 0. The average molecular weight is 351 g/mol. The van der Waals surface area contributed by atoms with Crippen molar-refractivity contribution in [3.63, 3.8) is 0 Å². The predicted octanol–water partition coefficient (Wildman–Crippen LogP) is 3.22. The van der Waals surface area contributed by atoms with E-state index in [0.717, 1.165) is 5.56 Å². The molecule has 2 aromatic carbocycles. The second-order valence-electron chi connectivity index (χ2n) is 6.07. The molecule has 2 aromatic rings. The summed E-state index contributed by atoms with van der Waals surface area (Å²) in [6.45, 7) is 0.509. The van der Waals surface area contributed by atoms with Crippen LogP contribution in [0, 0.1) is 0 Å². The van der Waals surface area contributed by atoms with Crippen molar-refractivity contribution in [1.82, 2.24) is 4.90 Å². The number of carbonyl (C=O) groups excluding carboxylic acids is 1. The monoisotopic (exact) mass is 350 g/mol. The van der Waals surface area contributed by atoms with Gasteiger partial charge in [-0.2, -0.15) is 0 Å². The van der Waals surface area contributed by atoms with Gasteiger partial charge < -0.3 is 10.6 Å². The number of hydrogen-bond acceptors (Lipinski definition) is 2. The molecule has 0 aliphatic heterocycles. The van der Waals surface area contributed by atoms with Gasteiger partial charge in [0.1, 0.15) is 5.54 Å². The maximum absolute atomic E-state index is 12.8. The number of halogens is 2. The number of carbonyl (C=O) groups is 1. The Labute approximate surface area is 147 Å². The van der Waals surface area contributed by atoms with Crippen LogP contribution < -0.4 is 5.73 Å². The molecule has 122 valence electrons. The van der Waals surface area contributed by atoms with E-state index in [4.69, 9.17) is 17.3 Å². The first-order valence-electron chi connectivity index (χ1n) is 7.34. The number of benzene rings is 2. The molecule has 23 heavy (non-hydrogen) atoms. The summed E-state index contributed by atoms with van der Waals surface area (Å²) in [6.07, 6.45) is 1.20. The summed E-state index contributed by atoms with van der Waals surface area (Å²) in [4.78, 5) is 14.5. The van der Waals surface area contributed by atoms with E-state index in [9.17, 15) is 4.79 Å². The second kappa shape index (κ2) is 6.91. The number of likely N-dealkylation sites (N-methyl/N-ethyl adjacent to an activating group) is 1. The van der Waals surface area contributed by atoms with E-state index in [-0.39, 0.29) is 18.3 Å². The normalized spacial score (nSPS) is 14.7. The predicted molar refractivity (Wildman–Crippen MR) is 95.9 cm³/mol. The fourth-order valence-corrected chi connectivity index (χ4v) is 3.37. The molecule has 2 N–H and O–H groups in total. The first-order chi connectivity index (χ1) is 10.5. The van der Waals surface area contributed by atoms with E-state index < -0.39 is 5.54 Å². The van der Waals surface area contributed by atoms with Gasteiger partial charge in [-0.3, -0.25) is 4.79 Å². The SMILES string of the molecule is CN(Cc1cccc(Cl)c1)C(=O)C1(N)Cc2ccccc2C1.Cl. The van der Waals surface area contributed by atoms with Gasteiger partial charge in [0.15, 0.2) is 0 Å². The van der Waals surface area contributed by atoms with E-state index in [2.05, 4.69) is 0 Å². The van der Waals surface area contributed by atoms with E-state index >= 15 is 0 Å². The number of rotatable bonds is 3. The first kappa shape index (κ1) is 17.8. The molecule has 0 saturated carbocycles. The highest BCUT2D eigenvalue weighted by Crippen LogP contribution is 2.29. The molecule has 0 saturated heterocycles. The molecule has 0 fully saturated rings. The standard InChI is InChI=1S/C18H19ClN2O.ClH/c1-21(12-13-5-4-8-16(19)9-13)17(22)18(20)10-14-6-2-3-7-15(14)11-18;/h2-9H,10-12,20H2,1H3;1H. The van der Waals surface area contributed by atoms with Crippen LogP contribution in [0.2, 0.25) is 5.02 Å². The second-order valence-corrected chi connectivity index (χ2v) is 6.51. The third-order valence-corrected chi connectivity index (χ3v) is 4.45. The lowest BCUT2D eigenvalue weighted by Crippen LogP contribution is -2.55. The number of fused-ring (bicyclic) bond motifs is 1. The Morgan fingerprint density at radius 2 is 1.78 bits per heavy atom. The Morgan fingerprint density at radius 3 is 2.35 bits per heavy atom. The van der Waals surface area contributed by atoms with Gasteiger partial charge in [0.2, 0.25) is 5.91 Å². The van der Waals surface area contributed by atoms with Crippen molar-refractivity contribution in [2.75, 3.05) is 7.05 Å². The minimum Gasteiger partial charge on any atom is -0.340 e. The highest BCUT2D eigenvalue weighted by Gasteiger charge is 2.41. The van der Waals surface area contributed by atoms with Gasteiger partial charge in [-0.25, -0.2) is 0 Å². The minimum atomic E-state index is -0.836. The number of nitrogens with zero attached hydrogens (tertiary/aromatic N) is 1. The molecule has 0 heterocycles. The topological polar surface area (TPSA) is 46.3 Å². The maximum Gasteiger partial charge on any atom is 0.243 e. The lowest BCUT2D eigenvalue weighted by molar-refractivity contribution is -0.135. The highest BCUT2D eigenvalue weighted by atomic mass is 35.5. The van der Waals surface area contributed by atoms with Crippen LogP contribution in [-0.2, 0) is 24.2 Å². The lowest BCUT2D eigenvalue weighted by atomic mass is 9.95. The fraction of sp³-hybridized carbons (Fsp3) is 0.278. The molecule has 1 amide bonds. The summed E-state index contributed by atoms with van der Waals surface area (Å²) in [6, 6.07) is 15.6. The number of hydrogen-bond donors (Lipinski definition) is 1. The molecular weight excluding hydrogens is 331 g/mol. The van der Waals surface area contributed by atoms with Crippen molar-refractivity contribution in [2.24, 2.45) is 5.73 Å². The molecule has 3 nitrogen and oxygen atoms in total. The quantitative estimate of drug-likeness (QED) is 0.923. The number of nitrogens with two attached hydrogens (primary N) is 1. The molecule has 0 spiro atoms. The van der Waals surface area contributed by atoms with Crippen LogP contribution in [-0.4, -0.2) is 23.4 Å². The molecule has 0 aromatic heterocycles. The van der Waals surface area contributed by atoms with Gasteiger partial charge in [-0.1, -0.05) is 48.0 Å². The van der Waals surface area contributed by atoms with Gasteiger partial charge >= 0.3 is 0 Å². The Kier molecular flexibility index (Phi) is 5.35. The summed E-state index contributed by atoms with van der Waals surface area (Å²) >= 11 is 6.00. The molecule has 3 rings (SSSR count). The van der Waals surface area contributed by atoms with Gasteiger partial charge in [0.25, 0.3) is 0 Å². The van der Waals surface area contributed by atoms with E-state index in [1.807, 2.05) is 48.5 Å². The zero-order valence-electron chi connectivity index (χ0n) is 13.0. The lowest BCUT2D eigenvalue weighted by Gasteiger charge is -2.29. The van der Waals surface area contributed by atoms with Crippen molar-refractivity contribution < 1.29 is 4.79 Å². The number of amides is 1. The Hall–Kier alpha value is -1.55. The minimum absolute atomic E-state index is 0. The van der Waals surface area contributed by atoms with Crippen molar-refractivity contribution in [2.45, 2.75) is 24.9 Å². The third kappa shape index (κ3) is 3.69. The van der Waals surface area contributed by atoms with Crippen LogP contribution >= 0.6 is 24.0 Å². The Balaban J connectivity index is 0.00000192. The summed E-state index contributed by atoms with van der Waals surface area (Å²) in [5.74, 6) is -0.0244.